The first-order valence-corrected chi connectivity index (χ1v) is 8.78. The van der Waals surface area contributed by atoms with E-state index in [2.05, 4.69) is 0 Å². The summed E-state index contributed by atoms with van der Waals surface area (Å²) in [5.74, 6) is 0.636. The van der Waals surface area contributed by atoms with Crippen LogP contribution in [0, 0.1) is 0 Å². The highest BCUT2D eigenvalue weighted by Crippen LogP contribution is 2.31. The fourth-order valence-electron chi connectivity index (χ4n) is 2.23. The Kier molecular flexibility index (Phi) is 7.49. The topological polar surface area (TPSA) is 44.8 Å². The molecule has 0 fully saturated rings. The van der Waals surface area contributed by atoms with Gasteiger partial charge in [-0.3, -0.25) is 0 Å². The Balaban J connectivity index is 2.03. The van der Waals surface area contributed by atoms with Gasteiger partial charge in [-0.2, -0.15) is 13.2 Å². The molecule has 0 saturated carbocycles. The standard InChI is InChI=1S/C21H21F3O4/c1-3-5-6-19(20(25)26-4-2)28-18-13-11-17(12-14-18)27-16-9-7-15(8-10-16)21(22,23)24/h5-14,19H,3-4H2,1-2H3/b6-5+. The van der Waals surface area contributed by atoms with E-state index in [0.29, 0.717) is 11.5 Å². The summed E-state index contributed by atoms with van der Waals surface area (Å²) < 4.78 is 53.9. The number of carbonyl (C=O) groups excluding carboxylic acids is 1. The van der Waals surface area contributed by atoms with Crippen molar-refractivity contribution in [3.05, 3.63) is 66.2 Å². The average molecular weight is 394 g/mol. The molecule has 0 spiro atoms. The van der Waals surface area contributed by atoms with Gasteiger partial charge in [0.25, 0.3) is 0 Å². The Hall–Kier alpha value is -2.96. The van der Waals surface area contributed by atoms with Crippen molar-refractivity contribution in [1.82, 2.24) is 0 Å². The molecule has 0 aromatic heterocycles. The molecule has 4 nitrogen and oxygen atoms in total. The number of rotatable bonds is 8. The number of hydrogen-bond acceptors (Lipinski definition) is 4. The second kappa shape index (κ2) is 9.82. The summed E-state index contributed by atoms with van der Waals surface area (Å²) in [6, 6.07) is 10.8. The SMILES string of the molecule is CC/C=C/C(Oc1ccc(Oc2ccc(C(F)(F)F)cc2)cc1)C(=O)OCC. The molecule has 0 radical (unpaired) electrons. The van der Waals surface area contributed by atoms with Gasteiger partial charge in [0.1, 0.15) is 17.2 Å². The molecule has 2 rings (SSSR count). The Morgan fingerprint density at radius 1 is 0.964 bits per heavy atom. The molecule has 0 N–H and O–H groups in total. The summed E-state index contributed by atoms with van der Waals surface area (Å²) in [5, 5.41) is 0. The van der Waals surface area contributed by atoms with Crippen molar-refractivity contribution in [2.45, 2.75) is 32.5 Å². The molecule has 0 bridgehead atoms. The van der Waals surface area contributed by atoms with E-state index < -0.39 is 23.8 Å². The van der Waals surface area contributed by atoms with Gasteiger partial charge in [0.05, 0.1) is 12.2 Å². The van der Waals surface area contributed by atoms with Crippen molar-refractivity contribution in [3.63, 3.8) is 0 Å². The predicted octanol–water partition coefficient (Wildman–Crippen LogP) is 5.77. The average Bonchev–Trinajstić information content (AvgIpc) is 2.66. The summed E-state index contributed by atoms with van der Waals surface area (Å²) in [4.78, 5) is 12.0. The summed E-state index contributed by atoms with van der Waals surface area (Å²) >= 11 is 0. The first kappa shape index (κ1) is 21.3. The van der Waals surface area contributed by atoms with Crippen LogP contribution in [0.4, 0.5) is 13.2 Å². The van der Waals surface area contributed by atoms with E-state index in [-0.39, 0.29) is 12.4 Å². The molecule has 28 heavy (non-hydrogen) atoms. The van der Waals surface area contributed by atoms with E-state index in [1.807, 2.05) is 13.0 Å². The van der Waals surface area contributed by atoms with E-state index in [4.69, 9.17) is 14.2 Å². The van der Waals surface area contributed by atoms with Crippen molar-refractivity contribution >= 4 is 5.97 Å². The lowest BCUT2D eigenvalue weighted by Crippen LogP contribution is -2.27. The molecule has 1 unspecified atom stereocenters. The van der Waals surface area contributed by atoms with Crippen LogP contribution in [0.2, 0.25) is 0 Å². The van der Waals surface area contributed by atoms with Crippen LogP contribution >= 0.6 is 0 Å². The van der Waals surface area contributed by atoms with Crippen LogP contribution in [0.3, 0.4) is 0 Å². The van der Waals surface area contributed by atoms with Gasteiger partial charge in [-0.15, -0.1) is 0 Å². The zero-order chi connectivity index (χ0) is 20.6. The van der Waals surface area contributed by atoms with Gasteiger partial charge in [0, 0.05) is 0 Å². The number of ether oxygens (including phenoxy) is 3. The maximum Gasteiger partial charge on any atom is 0.416 e. The first-order chi connectivity index (χ1) is 13.3. The molecule has 2 aromatic rings. The fourth-order valence-corrected chi connectivity index (χ4v) is 2.23. The molecule has 0 saturated heterocycles. The third-order valence-electron chi connectivity index (χ3n) is 3.57. The summed E-state index contributed by atoms with van der Waals surface area (Å²) in [6.07, 6.45) is -1.06. The summed E-state index contributed by atoms with van der Waals surface area (Å²) in [7, 11) is 0. The number of carbonyl (C=O) groups is 1. The summed E-state index contributed by atoms with van der Waals surface area (Å²) in [6.45, 7) is 3.90. The minimum Gasteiger partial charge on any atom is -0.475 e. The summed E-state index contributed by atoms with van der Waals surface area (Å²) in [5.41, 5.74) is -0.742. The number of esters is 1. The lowest BCUT2D eigenvalue weighted by Gasteiger charge is -2.15. The number of allylic oxidation sites excluding steroid dienone is 1. The van der Waals surface area contributed by atoms with Crippen LogP contribution < -0.4 is 9.47 Å². The first-order valence-electron chi connectivity index (χ1n) is 8.78. The van der Waals surface area contributed by atoms with Crippen LogP contribution in [-0.4, -0.2) is 18.7 Å². The molecule has 0 amide bonds. The van der Waals surface area contributed by atoms with Crippen molar-refractivity contribution < 1.29 is 32.2 Å². The highest BCUT2D eigenvalue weighted by Gasteiger charge is 2.30. The van der Waals surface area contributed by atoms with Gasteiger partial charge in [-0.25, -0.2) is 4.79 Å². The second-order valence-electron chi connectivity index (χ2n) is 5.72. The highest BCUT2D eigenvalue weighted by molar-refractivity contribution is 5.77. The Labute approximate surface area is 161 Å². The van der Waals surface area contributed by atoms with Gasteiger partial charge in [0.15, 0.2) is 0 Å². The Bertz CT molecular complexity index is 781. The molecule has 0 aliphatic heterocycles. The van der Waals surface area contributed by atoms with Gasteiger partial charge < -0.3 is 14.2 Å². The smallest absolute Gasteiger partial charge is 0.416 e. The lowest BCUT2D eigenvalue weighted by molar-refractivity contribution is -0.149. The maximum atomic E-state index is 12.6. The largest absolute Gasteiger partial charge is 0.475 e. The van der Waals surface area contributed by atoms with E-state index in [0.717, 1.165) is 18.6 Å². The molecule has 0 aliphatic rings. The van der Waals surface area contributed by atoms with Crippen molar-refractivity contribution in [2.75, 3.05) is 6.61 Å². The van der Waals surface area contributed by atoms with Crippen LogP contribution in [0.5, 0.6) is 17.2 Å². The Morgan fingerprint density at radius 2 is 1.50 bits per heavy atom. The van der Waals surface area contributed by atoms with Crippen LogP contribution in [0.15, 0.2) is 60.7 Å². The molecular formula is C21H21F3O4. The normalized spacial score (nSPS) is 12.6. The van der Waals surface area contributed by atoms with E-state index in [1.54, 1.807) is 37.3 Å². The monoisotopic (exact) mass is 394 g/mol. The van der Waals surface area contributed by atoms with Crippen LogP contribution in [0.1, 0.15) is 25.8 Å². The quantitative estimate of drug-likeness (QED) is 0.421. The van der Waals surface area contributed by atoms with Crippen LogP contribution in [-0.2, 0) is 15.7 Å². The molecule has 150 valence electrons. The van der Waals surface area contributed by atoms with E-state index >= 15 is 0 Å². The predicted molar refractivity (Wildman–Crippen MR) is 98.4 cm³/mol. The molecular weight excluding hydrogens is 373 g/mol. The minimum absolute atomic E-state index is 0.249. The number of hydrogen-bond donors (Lipinski definition) is 0. The van der Waals surface area contributed by atoms with Crippen LogP contribution in [0.25, 0.3) is 0 Å². The molecule has 0 aliphatic carbocycles. The third kappa shape index (κ3) is 6.33. The van der Waals surface area contributed by atoms with Gasteiger partial charge >= 0.3 is 12.1 Å². The molecule has 0 heterocycles. The number of alkyl halides is 3. The number of benzene rings is 2. The second-order valence-corrected chi connectivity index (χ2v) is 5.72. The van der Waals surface area contributed by atoms with E-state index in [9.17, 15) is 18.0 Å². The van der Waals surface area contributed by atoms with E-state index in [1.165, 1.54) is 12.1 Å². The molecule has 1 atom stereocenters. The maximum absolute atomic E-state index is 12.6. The fraction of sp³-hybridized carbons (Fsp3) is 0.286. The zero-order valence-corrected chi connectivity index (χ0v) is 15.5. The van der Waals surface area contributed by atoms with Crippen molar-refractivity contribution in [2.24, 2.45) is 0 Å². The lowest BCUT2D eigenvalue weighted by atomic mass is 10.2. The Morgan fingerprint density at radius 3 is 2.00 bits per heavy atom. The molecule has 7 heteroatoms. The highest BCUT2D eigenvalue weighted by atomic mass is 19.4. The van der Waals surface area contributed by atoms with Gasteiger partial charge in [0.2, 0.25) is 6.10 Å². The van der Waals surface area contributed by atoms with Crippen molar-refractivity contribution in [1.29, 1.82) is 0 Å². The van der Waals surface area contributed by atoms with Gasteiger partial charge in [-0.05, 0) is 68.0 Å². The third-order valence-corrected chi connectivity index (χ3v) is 3.57. The van der Waals surface area contributed by atoms with Gasteiger partial charge in [-0.1, -0.05) is 13.0 Å². The zero-order valence-electron chi connectivity index (χ0n) is 15.5. The molecule has 2 aromatic carbocycles. The van der Waals surface area contributed by atoms with Crippen molar-refractivity contribution in [3.8, 4) is 17.2 Å². The minimum atomic E-state index is -4.39. The number of halogens is 3.